The van der Waals surface area contributed by atoms with Crippen molar-refractivity contribution in [1.82, 2.24) is 20.2 Å². The van der Waals surface area contributed by atoms with Crippen LogP contribution in [0.15, 0.2) is 53.8 Å². The molecule has 0 saturated heterocycles. The van der Waals surface area contributed by atoms with Gasteiger partial charge in [0.1, 0.15) is 5.82 Å². The summed E-state index contributed by atoms with van der Waals surface area (Å²) in [5, 5.41) is 11.9. The second-order valence-corrected chi connectivity index (χ2v) is 4.55. The standard InChI is InChI=1S/C14H11ClN6/c15-12-6-7-13(21-19-12)20-17-9-11-8-16-14(18-11)10-4-2-1-3-5-10/h1-9H,(H,16,18)(H,20,21)/b17-9-. The van der Waals surface area contributed by atoms with E-state index in [1.165, 1.54) is 0 Å². The minimum atomic E-state index is 0.339. The number of nitrogens with one attached hydrogen (secondary N) is 2. The lowest BCUT2D eigenvalue weighted by Gasteiger charge is -1.96. The molecule has 0 fully saturated rings. The first-order valence-electron chi connectivity index (χ1n) is 6.20. The molecule has 2 heterocycles. The van der Waals surface area contributed by atoms with E-state index < -0.39 is 0 Å². The summed E-state index contributed by atoms with van der Waals surface area (Å²) < 4.78 is 0. The van der Waals surface area contributed by atoms with Gasteiger partial charge in [-0.3, -0.25) is 5.43 Å². The molecule has 0 amide bonds. The second kappa shape index (κ2) is 6.15. The molecule has 0 aliphatic carbocycles. The monoisotopic (exact) mass is 298 g/mol. The van der Waals surface area contributed by atoms with Gasteiger partial charge in [0, 0.05) is 5.56 Å². The molecule has 0 unspecified atom stereocenters. The van der Waals surface area contributed by atoms with Crippen LogP contribution in [-0.4, -0.2) is 26.4 Å². The highest BCUT2D eigenvalue weighted by molar-refractivity contribution is 6.29. The molecule has 0 saturated carbocycles. The first-order chi connectivity index (χ1) is 10.3. The van der Waals surface area contributed by atoms with Gasteiger partial charge in [-0.1, -0.05) is 41.9 Å². The van der Waals surface area contributed by atoms with Crippen molar-refractivity contribution in [2.75, 3.05) is 5.43 Å². The van der Waals surface area contributed by atoms with E-state index in [1.807, 2.05) is 30.3 Å². The topological polar surface area (TPSA) is 78.9 Å². The predicted octanol–water partition coefficient (Wildman–Crippen LogP) is 2.97. The van der Waals surface area contributed by atoms with E-state index in [4.69, 9.17) is 11.6 Å². The van der Waals surface area contributed by atoms with E-state index in [-0.39, 0.29) is 0 Å². The molecule has 0 spiro atoms. The molecular weight excluding hydrogens is 288 g/mol. The average molecular weight is 299 g/mol. The van der Waals surface area contributed by atoms with Gasteiger partial charge in [-0.2, -0.15) is 5.10 Å². The molecule has 3 aromatic rings. The number of benzene rings is 1. The number of aromatic nitrogens is 4. The van der Waals surface area contributed by atoms with Crippen LogP contribution in [-0.2, 0) is 0 Å². The summed E-state index contributed by atoms with van der Waals surface area (Å²) in [5.41, 5.74) is 4.56. The quantitative estimate of drug-likeness (QED) is 0.573. The number of nitrogens with zero attached hydrogens (tertiary/aromatic N) is 4. The Hall–Kier alpha value is -2.73. The van der Waals surface area contributed by atoms with Gasteiger partial charge in [0.25, 0.3) is 0 Å². The number of imidazole rings is 1. The molecule has 0 aliphatic heterocycles. The zero-order valence-corrected chi connectivity index (χ0v) is 11.6. The third-order valence-corrected chi connectivity index (χ3v) is 2.86. The highest BCUT2D eigenvalue weighted by atomic mass is 35.5. The molecule has 2 N–H and O–H groups in total. The number of hydrogen-bond donors (Lipinski definition) is 2. The van der Waals surface area contributed by atoms with Crippen molar-refractivity contribution < 1.29 is 0 Å². The lowest BCUT2D eigenvalue weighted by Crippen LogP contribution is -1.95. The van der Waals surface area contributed by atoms with Crippen LogP contribution in [0, 0.1) is 0 Å². The molecule has 0 aliphatic rings. The summed E-state index contributed by atoms with van der Waals surface area (Å²) in [6, 6.07) is 13.2. The maximum Gasteiger partial charge on any atom is 0.168 e. The molecule has 104 valence electrons. The molecular formula is C14H11ClN6. The van der Waals surface area contributed by atoms with Gasteiger partial charge in [0.15, 0.2) is 11.0 Å². The first-order valence-corrected chi connectivity index (χ1v) is 6.58. The largest absolute Gasteiger partial charge is 0.337 e. The fourth-order valence-electron chi connectivity index (χ4n) is 1.69. The molecule has 3 rings (SSSR count). The van der Waals surface area contributed by atoms with E-state index in [0.29, 0.717) is 11.0 Å². The van der Waals surface area contributed by atoms with Gasteiger partial charge in [-0.25, -0.2) is 4.98 Å². The van der Waals surface area contributed by atoms with Crippen molar-refractivity contribution >= 4 is 23.6 Å². The summed E-state index contributed by atoms with van der Waals surface area (Å²) >= 11 is 5.65. The fourth-order valence-corrected chi connectivity index (χ4v) is 1.79. The third-order valence-electron chi connectivity index (χ3n) is 2.66. The number of halogens is 1. The lowest BCUT2D eigenvalue weighted by atomic mass is 10.2. The van der Waals surface area contributed by atoms with E-state index in [2.05, 4.69) is 30.7 Å². The number of aromatic amines is 1. The molecule has 21 heavy (non-hydrogen) atoms. The zero-order valence-electron chi connectivity index (χ0n) is 10.9. The Morgan fingerprint density at radius 3 is 2.71 bits per heavy atom. The third kappa shape index (κ3) is 3.43. The second-order valence-electron chi connectivity index (χ2n) is 4.16. The van der Waals surface area contributed by atoms with Gasteiger partial charge in [-0.05, 0) is 12.1 Å². The van der Waals surface area contributed by atoms with Crippen molar-refractivity contribution in [1.29, 1.82) is 0 Å². The van der Waals surface area contributed by atoms with Crippen LogP contribution in [0.1, 0.15) is 5.69 Å². The first kappa shape index (κ1) is 13.3. The smallest absolute Gasteiger partial charge is 0.168 e. The van der Waals surface area contributed by atoms with E-state index in [0.717, 1.165) is 17.1 Å². The number of anilines is 1. The van der Waals surface area contributed by atoms with Gasteiger partial charge >= 0.3 is 0 Å². The van der Waals surface area contributed by atoms with E-state index in [9.17, 15) is 0 Å². The maximum atomic E-state index is 5.65. The summed E-state index contributed by atoms with van der Waals surface area (Å²) in [4.78, 5) is 7.47. The number of rotatable bonds is 4. The Balaban J connectivity index is 1.67. The Labute approximate surface area is 125 Å². The molecule has 0 atom stereocenters. The normalized spacial score (nSPS) is 10.9. The summed E-state index contributed by atoms with van der Waals surface area (Å²) in [5.74, 6) is 1.31. The van der Waals surface area contributed by atoms with Crippen LogP contribution in [0.4, 0.5) is 5.82 Å². The average Bonchev–Trinajstić information content (AvgIpc) is 2.99. The van der Waals surface area contributed by atoms with Crippen LogP contribution >= 0.6 is 11.6 Å². The van der Waals surface area contributed by atoms with Crippen LogP contribution in [0.2, 0.25) is 5.15 Å². The zero-order chi connectivity index (χ0) is 14.5. The van der Waals surface area contributed by atoms with Gasteiger partial charge in [-0.15, -0.1) is 10.2 Å². The SMILES string of the molecule is Clc1ccc(N/N=C\c2cnc(-c3ccccc3)[nH]2)nn1. The Morgan fingerprint density at radius 1 is 1.10 bits per heavy atom. The number of hydrazone groups is 1. The van der Waals surface area contributed by atoms with Crippen LogP contribution in [0.25, 0.3) is 11.4 Å². The Morgan fingerprint density at radius 2 is 1.95 bits per heavy atom. The van der Waals surface area contributed by atoms with Gasteiger partial charge in [0.05, 0.1) is 18.1 Å². The Kier molecular flexibility index (Phi) is 3.88. The molecule has 0 radical (unpaired) electrons. The minimum Gasteiger partial charge on any atom is -0.337 e. The number of hydrogen-bond acceptors (Lipinski definition) is 5. The molecule has 0 bridgehead atoms. The van der Waals surface area contributed by atoms with Crippen molar-refractivity contribution in [2.45, 2.75) is 0 Å². The van der Waals surface area contributed by atoms with Crippen LogP contribution < -0.4 is 5.43 Å². The van der Waals surface area contributed by atoms with Crippen molar-refractivity contribution in [3.63, 3.8) is 0 Å². The molecule has 1 aromatic carbocycles. The van der Waals surface area contributed by atoms with Crippen LogP contribution in [0.5, 0.6) is 0 Å². The minimum absolute atomic E-state index is 0.339. The highest BCUT2D eigenvalue weighted by Gasteiger charge is 2.01. The van der Waals surface area contributed by atoms with E-state index >= 15 is 0 Å². The van der Waals surface area contributed by atoms with Crippen molar-refractivity contribution in [3.8, 4) is 11.4 Å². The van der Waals surface area contributed by atoms with Crippen molar-refractivity contribution in [3.05, 3.63) is 59.5 Å². The highest BCUT2D eigenvalue weighted by Crippen LogP contribution is 2.14. The Bertz CT molecular complexity index is 736. The summed E-state index contributed by atoms with van der Waals surface area (Å²) in [7, 11) is 0. The molecule has 6 nitrogen and oxygen atoms in total. The van der Waals surface area contributed by atoms with Gasteiger partial charge < -0.3 is 4.98 Å². The van der Waals surface area contributed by atoms with Crippen molar-refractivity contribution in [2.24, 2.45) is 5.10 Å². The fraction of sp³-hybridized carbons (Fsp3) is 0. The van der Waals surface area contributed by atoms with E-state index in [1.54, 1.807) is 24.5 Å². The summed E-state index contributed by atoms with van der Waals surface area (Å²) in [6.07, 6.45) is 3.33. The predicted molar refractivity (Wildman–Crippen MR) is 82.3 cm³/mol. The maximum absolute atomic E-state index is 5.65. The van der Waals surface area contributed by atoms with Gasteiger partial charge in [0.2, 0.25) is 0 Å². The summed E-state index contributed by atoms with van der Waals surface area (Å²) in [6.45, 7) is 0. The molecule has 2 aromatic heterocycles. The lowest BCUT2D eigenvalue weighted by molar-refractivity contribution is 1.02. The van der Waals surface area contributed by atoms with Crippen LogP contribution in [0.3, 0.4) is 0 Å². The number of H-pyrrole nitrogens is 1. The molecule has 7 heteroatoms.